The van der Waals surface area contributed by atoms with Gasteiger partial charge in [0, 0.05) is 0 Å². The molecule has 0 atom stereocenters. The van der Waals surface area contributed by atoms with Crippen LogP contribution in [0.3, 0.4) is 0 Å². The van der Waals surface area contributed by atoms with Crippen LogP contribution in [0.5, 0.6) is 5.88 Å². The zero-order valence-corrected chi connectivity index (χ0v) is 11.9. The molecule has 0 aliphatic carbocycles. The monoisotopic (exact) mass is 291 g/mol. The van der Waals surface area contributed by atoms with Crippen LogP contribution in [-0.2, 0) is 0 Å². The van der Waals surface area contributed by atoms with Gasteiger partial charge in [-0.25, -0.2) is 9.36 Å². The Morgan fingerprint density at radius 2 is 1.82 bits per heavy atom. The highest BCUT2D eigenvalue weighted by atomic mass is 16.3. The second-order valence-electron chi connectivity index (χ2n) is 5.25. The van der Waals surface area contributed by atoms with Gasteiger partial charge in [0.2, 0.25) is 5.88 Å². The number of para-hydroxylation sites is 1. The summed E-state index contributed by atoms with van der Waals surface area (Å²) in [6.07, 6.45) is 1.52. The molecular formula is C17H13N3O2. The third kappa shape index (κ3) is 1.65. The van der Waals surface area contributed by atoms with Crippen molar-refractivity contribution in [3.63, 3.8) is 0 Å². The number of nitrogens with zero attached hydrogens (tertiary/aromatic N) is 3. The van der Waals surface area contributed by atoms with Gasteiger partial charge in [-0.15, -0.1) is 0 Å². The third-order valence-electron chi connectivity index (χ3n) is 3.78. The van der Waals surface area contributed by atoms with E-state index in [0.717, 1.165) is 5.56 Å². The van der Waals surface area contributed by atoms with Crippen LogP contribution in [-0.4, -0.2) is 19.1 Å². The Morgan fingerprint density at radius 1 is 1.05 bits per heavy atom. The maximum atomic E-state index is 12.8. The fourth-order valence-electron chi connectivity index (χ4n) is 2.72. The summed E-state index contributed by atoms with van der Waals surface area (Å²) in [6.45, 7) is 1.96. The first-order valence-corrected chi connectivity index (χ1v) is 6.94. The summed E-state index contributed by atoms with van der Waals surface area (Å²) in [7, 11) is 0. The second kappa shape index (κ2) is 4.46. The minimum absolute atomic E-state index is 0.105. The lowest BCUT2D eigenvalue weighted by Crippen LogP contribution is -2.19. The highest BCUT2D eigenvalue weighted by molar-refractivity contribution is 5.80. The third-order valence-corrected chi connectivity index (χ3v) is 3.78. The van der Waals surface area contributed by atoms with Gasteiger partial charge in [-0.1, -0.05) is 24.3 Å². The number of hydrogen-bond donors (Lipinski definition) is 1. The van der Waals surface area contributed by atoms with Crippen LogP contribution in [0.4, 0.5) is 0 Å². The fourth-order valence-corrected chi connectivity index (χ4v) is 2.72. The van der Waals surface area contributed by atoms with Crippen molar-refractivity contribution in [3.8, 4) is 11.6 Å². The Hall–Kier alpha value is -3.08. The number of fused-ring (bicyclic) bond motifs is 3. The highest BCUT2D eigenvalue weighted by Gasteiger charge is 2.17. The quantitative estimate of drug-likeness (QED) is 0.586. The zero-order chi connectivity index (χ0) is 15.3. The predicted molar refractivity (Wildman–Crippen MR) is 84.7 cm³/mol. The molecule has 0 amide bonds. The molecule has 5 nitrogen and oxygen atoms in total. The number of benzene rings is 2. The Bertz CT molecular complexity index is 1060. The molecule has 2 aromatic carbocycles. The predicted octanol–water partition coefficient (Wildman–Crippen LogP) is 2.65. The normalized spacial score (nSPS) is 11.3. The SMILES string of the molecule is Cc1ccc2ncc3c(O)n(-c4ccccc4)c(=O)n3c2c1. The second-order valence-corrected chi connectivity index (χ2v) is 5.25. The van der Waals surface area contributed by atoms with E-state index in [1.807, 2.05) is 43.3 Å². The van der Waals surface area contributed by atoms with Gasteiger partial charge in [-0.2, -0.15) is 0 Å². The Labute approximate surface area is 125 Å². The van der Waals surface area contributed by atoms with Gasteiger partial charge >= 0.3 is 5.69 Å². The van der Waals surface area contributed by atoms with Gasteiger partial charge in [-0.3, -0.25) is 9.38 Å². The molecule has 0 aliphatic heterocycles. The minimum atomic E-state index is -0.309. The summed E-state index contributed by atoms with van der Waals surface area (Å²) in [5, 5.41) is 10.5. The van der Waals surface area contributed by atoms with Crippen LogP contribution in [0.2, 0.25) is 0 Å². The van der Waals surface area contributed by atoms with Crippen molar-refractivity contribution >= 4 is 16.6 Å². The summed E-state index contributed by atoms with van der Waals surface area (Å²) in [4.78, 5) is 17.1. The molecule has 0 saturated heterocycles. The van der Waals surface area contributed by atoms with Gasteiger partial charge < -0.3 is 5.11 Å². The number of aryl methyl sites for hydroxylation is 1. The smallest absolute Gasteiger partial charge is 0.340 e. The van der Waals surface area contributed by atoms with Gasteiger partial charge in [0.15, 0.2) is 0 Å². The van der Waals surface area contributed by atoms with Gasteiger partial charge in [-0.05, 0) is 36.8 Å². The Balaban J connectivity index is 2.20. The average molecular weight is 291 g/mol. The van der Waals surface area contributed by atoms with Crippen LogP contribution in [0.1, 0.15) is 5.56 Å². The molecule has 0 fully saturated rings. The summed E-state index contributed by atoms with van der Waals surface area (Å²) in [6, 6.07) is 14.8. The standard InChI is InChI=1S/C17H13N3O2/c1-11-7-8-13-14(9-11)20-15(10-18-13)16(21)19(17(20)22)12-5-3-2-4-6-12/h2-10,21H,1H3. The Kier molecular flexibility index (Phi) is 2.56. The fraction of sp³-hybridized carbons (Fsp3) is 0.0588. The van der Waals surface area contributed by atoms with E-state index >= 15 is 0 Å². The molecular weight excluding hydrogens is 278 g/mol. The van der Waals surface area contributed by atoms with Crippen LogP contribution >= 0.6 is 0 Å². The number of rotatable bonds is 1. The highest BCUT2D eigenvalue weighted by Crippen LogP contribution is 2.24. The van der Waals surface area contributed by atoms with E-state index in [1.54, 1.807) is 12.1 Å². The number of hydrogen-bond acceptors (Lipinski definition) is 3. The van der Waals surface area contributed by atoms with E-state index in [1.165, 1.54) is 15.2 Å². The van der Waals surface area contributed by atoms with E-state index in [4.69, 9.17) is 0 Å². The molecule has 5 heteroatoms. The molecule has 4 rings (SSSR count). The number of aromatic hydroxyl groups is 1. The number of imidazole rings is 1. The molecule has 2 heterocycles. The summed E-state index contributed by atoms with van der Waals surface area (Å²) in [5.74, 6) is -0.105. The minimum Gasteiger partial charge on any atom is -0.493 e. The lowest BCUT2D eigenvalue weighted by molar-refractivity contribution is 0.446. The van der Waals surface area contributed by atoms with Crippen molar-refractivity contribution in [1.82, 2.24) is 14.0 Å². The summed E-state index contributed by atoms with van der Waals surface area (Å²) >= 11 is 0. The van der Waals surface area contributed by atoms with Crippen molar-refractivity contribution in [2.24, 2.45) is 0 Å². The summed E-state index contributed by atoms with van der Waals surface area (Å²) < 4.78 is 2.79. The van der Waals surface area contributed by atoms with Crippen molar-refractivity contribution in [2.75, 3.05) is 0 Å². The van der Waals surface area contributed by atoms with E-state index in [0.29, 0.717) is 22.2 Å². The van der Waals surface area contributed by atoms with Crippen molar-refractivity contribution in [2.45, 2.75) is 6.92 Å². The van der Waals surface area contributed by atoms with Gasteiger partial charge in [0.05, 0.1) is 22.9 Å². The van der Waals surface area contributed by atoms with E-state index in [-0.39, 0.29) is 11.6 Å². The molecule has 0 radical (unpaired) electrons. The Morgan fingerprint density at radius 3 is 2.59 bits per heavy atom. The largest absolute Gasteiger partial charge is 0.493 e. The van der Waals surface area contributed by atoms with Crippen molar-refractivity contribution < 1.29 is 5.11 Å². The van der Waals surface area contributed by atoms with Gasteiger partial charge in [0.1, 0.15) is 5.52 Å². The molecule has 0 unspecified atom stereocenters. The molecule has 0 spiro atoms. The maximum Gasteiger partial charge on any atom is 0.340 e. The molecule has 0 bridgehead atoms. The van der Waals surface area contributed by atoms with Crippen LogP contribution in [0.25, 0.3) is 22.2 Å². The van der Waals surface area contributed by atoms with E-state index < -0.39 is 0 Å². The first-order valence-electron chi connectivity index (χ1n) is 6.94. The van der Waals surface area contributed by atoms with Crippen molar-refractivity contribution in [1.29, 1.82) is 0 Å². The molecule has 0 saturated carbocycles. The average Bonchev–Trinajstić information content (AvgIpc) is 2.79. The lowest BCUT2D eigenvalue weighted by Gasteiger charge is -2.01. The molecule has 108 valence electrons. The first kappa shape index (κ1) is 12.6. The molecule has 1 N–H and O–H groups in total. The lowest BCUT2D eigenvalue weighted by atomic mass is 10.2. The maximum absolute atomic E-state index is 12.8. The van der Waals surface area contributed by atoms with E-state index in [9.17, 15) is 9.90 Å². The van der Waals surface area contributed by atoms with Crippen molar-refractivity contribution in [3.05, 3.63) is 70.8 Å². The van der Waals surface area contributed by atoms with E-state index in [2.05, 4.69) is 4.98 Å². The molecule has 2 aromatic heterocycles. The first-order chi connectivity index (χ1) is 10.7. The molecule has 4 aromatic rings. The van der Waals surface area contributed by atoms with Crippen LogP contribution in [0.15, 0.2) is 59.5 Å². The van der Waals surface area contributed by atoms with Crippen LogP contribution in [0, 0.1) is 6.92 Å². The molecule has 22 heavy (non-hydrogen) atoms. The van der Waals surface area contributed by atoms with Crippen LogP contribution < -0.4 is 5.69 Å². The topological polar surface area (TPSA) is 59.5 Å². The van der Waals surface area contributed by atoms with Gasteiger partial charge in [0.25, 0.3) is 0 Å². The summed E-state index contributed by atoms with van der Waals surface area (Å²) in [5.41, 5.74) is 3.14. The molecule has 0 aliphatic rings. The zero-order valence-electron chi connectivity index (χ0n) is 11.9. The number of aromatic nitrogens is 3.